The van der Waals surface area contributed by atoms with E-state index in [1.807, 2.05) is 0 Å². The zero-order valence-corrected chi connectivity index (χ0v) is 13.8. The van der Waals surface area contributed by atoms with E-state index in [0.717, 1.165) is 43.7 Å². The van der Waals surface area contributed by atoms with Crippen LogP contribution in [0.25, 0.3) is 0 Å². The summed E-state index contributed by atoms with van der Waals surface area (Å²) in [6.07, 6.45) is 3.02. The number of rotatable bonds is 6. The van der Waals surface area contributed by atoms with Gasteiger partial charge in [0.25, 0.3) is 0 Å². The normalized spacial score (nSPS) is 16.9. The van der Waals surface area contributed by atoms with Crippen LogP contribution in [0.1, 0.15) is 32.3 Å². The summed E-state index contributed by atoms with van der Waals surface area (Å²) >= 11 is 0. The maximum absolute atomic E-state index is 13.8. The number of methoxy groups -OCH3 is 1. The summed E-state index contributed by atoms with van der Waals surface area (Å²) in [7, 11) is 1.62. The largest absolute Gasteiger partial charge is 0.496 e. The van der Waals surface area contributed by atoms with Crippen LogP contribution in [0.3, 0.4) is 0 Å². The molecule has 0 saturated heterocycles. The Hall–Kier alpha value is -1.00. The predicted molar refractivity (Wildman–Crippen MR) is 85.3 cm³/mol. The third-order valence-corrected chi connectivity index (χ3v) is 3.79. The average Bonchev–Trinajstić information content (AvgIpc) is 2.47. The van der Waals surface area contributed by atoms with Crippen LogP contribution in [-0.4, -0.2) is 37.7 Å². The summed E-state index contributed by atoms with van der Waals surface area (Å²) in [5.74, 6) is 0.796. The van der Waals surface area contributed by atoms with Gasteiger partial charge in [-0.1, -0.05) is 13.8 Å². The lowest BCUT2D eigenvalue weighted by molar-refractivity contribution is 0.114. The molecule has 120 valence electrons. The lowest BCUT2D eigenvalue weighted by atomic mass is 9.99. The molecule has 1 aromatic rings. The van der Waals surface area contributed by atoms with Gasteiger partial charge in [0.05, 0.1) is 7.11 Å². The maximum Gasteiger partial charge on any atom is 0.165 e. The molecule has 0 bridgehead atoms. The fraction of sp³-hybridized carbons (Fsp3) is 0.625. The fourth-order valence-corrected chi connectivity index (χ4v) is 2.88. The van der Waals surface area contributed by atoms with Gasteiger partial charge >= 0.3 is 0 Å². The van der Waals surface area contributed by atoms with E-state index in [1.54, 1.807) is 13.2 Å². The minimum atomic E-state index is -0.295. The van der Waals surface area contributed by atoms with Crippen LogP contribution in [0.4, 0.5) is 4.39 Å². The lowest BCUT2D eigenvalue weighted by Gasteiger charge is -2.35. The Morgan fingerprint density at radius 2 is 1.95 bits per heavy atom. The Bertz CT molecular complexity index is 450. The molecule has 0 fully saturated rings. The number of hydrogen-bond acceptors (Lipinski definition) is 3. The molecule has 1 aliphatic rings. The minimum absolute atomic E-state index is 0. The molecule has 0 amide bonds. The highest BCUT2D eigenvalue weighted by atomic mass is 35.5. The van der Waals surface area contributed by atoms with E-state index in [4.69, 9.17) is 9.47 Å². The number of hydrogen-bond donors (Lipinski definition) is 0. The first kappa shape index (κ1) is 18.1. The van der Waals surface area contributed by atoms with E-state index in [0.29, 0.717) is 18.4 Å². The van der Waals surface area contributed by atoms with Gasteiger partial charge in [0.2, 0.25) is 0 Å². The Morgan fingerprint density at radius 3 is 2.52 bits per heavy atom. The highest BCUT2D eigenvalue weighted by Crippen LogP contribution is 2.36. The van der Waals surface area contributed by atoms with Crippen molar-refractivity contribution >= 4 is 12.4 Å². The molecule has 0 radical (unpaired) electrons. The summed E-state index contributed by atoms with van der Waals surface area (Å²) in [6, 6.07) is 3.40. The molecule has 1 atom stereocenters. The fourth-order valence-electron chi connectivity index (χ4n) is 2.88. The van der Waals surface area contributed by atoms with Gasteiger partial charge in [-0.15, -0.1) is 12.4 Å². The van der Waals surface area contributed by atoms with Gasteiger partial charge < -0.3 is 9.47 Å². The molecule has 21 heavy (non-hydrogen) atoms. The average molecular weight is 318 g/mol. The van der Waals surface area contributed by atoms with Crippen molar-refractivity contribution < 1.29 is 13.9 Å². The molecule has 5 heteroatoms. The molecule has 0 N–H and O–H groups in total. The molecule has 3 nitrogen and oxygen atoms in total. The molecular formula is C16H25ClFNO2. The van der Waals surface area contributed by atoms with Crippen LogP contribution in [-0.2, 0) is 6.42 Å². The van der Waals surface area contributed by atoms with Crippen molar-refractivity contribution in [2.24, 2.45) is 0 Å². The first-order valence-electron chi connectivity index (χ1n) is 7.43. The van der Waals surface area contributed by atoms with Crippen molar-refractivity contribution in [1.29, 1.82) is 0 Å². The second-order valence-electron chi connectivity index (χ2n) is 5.26. The predicted octanol–water partition coefficient (Wildman–Crippen LogP) is 3.68. The van der Waals surface area contributed by atoms with Gasteiger partial charge in [0.15, 0.2) is 11.6 Å². The van der Waals surface area contributed by atoms with E-state index < -0.39 is 0 Å². The zero-order chi connectivity index (χ0) is 14.5. The Morgan fingerprint density at radius 1 is 1.29 bits per heavy atom. The topological polar surface area (TPSA) is 21.7 Å². The molecule has 1 aliphatic heterocycles. The second kappa shape index (κ2) is 8.44. The summed E-state index contributed by atoms with van der Waals surface area (Å²) in [6.45, 7) is 7.02. The molecule has 2 rings (SSSR count). The van der Waals surface area contributed by atoms with Crippen LogP contribution in [0.15, 0.2) is 12.1 Å². The second-order valence-corrected chi connectivity index (χ2v) is 5.26. The molecule has 1 aromatic carbocycles. The Balaban J connectivity index is 0.00000220. The molecule has 0 saturated carbocycles. The van der Waals surface area contributed by atoms with Crippen molar-refractivity contribution in [2.45, 2.75) is 39.2 Å². The summed E-state index contributed by atoms with van der Waals surface area (Å²) in [4.78, 5) is 2.44. The number of nitrogens with zero attached hydrogens (tertiary/aromatic N) is 1. The van der Waals surface area contributed by atoms with E-state index in [1.165, 1.54) is 6.07 Å². The third kappa shape index (κ3) is 4.01. The first-order chi connectivity index (χ1) is 9.71. The van der Waals surface area contributed by atoms with Crippen LogP contribution < -0.4 is 9.47 Å². The smallest absolute Gasteiger partial charge is 0.165 e. The van der Waals surface area contributed by atoms with Gasteiger partial charge in [0, 0.05) is 11.6 Å². The molecular weight excluding hydrogens is 293 g/mol. The van der Waals surface area contributed by atoms with Crippen molar-refractivity contribution in [3.05, 3.63) is 23.5 Å². The highest BCUT2D eigenvalue weighted by Gasteiger charge is 2.28. The van der Waals surface area contributed by atoms with Crippen LogP contribution in [0.5, 0.6) is 11.5 Å². The summed E-state index contributed by atoms with van der Waals surface area (Å²) in [5, 5.41) is 0. The van der Waals surface area contributed by atoms with E-state index in [2.05, 4.69) is 18.7 Å². The number of fused-ring (bicyclic) bond motifs is 1. The van der Waals surface area contributed by atoms with Gasteiger partial charge in [-0.2, -0.15) is 0 Å². The van der Waals surface area contributed by atoms with E-state index in [-0.39, 0.29) is 18.2 Å². The monoisotopic (exact) mass is 317 g/mol. The standard InChI is InChI=1S/C16H24FNO2.ClH/c1-4-8-18(9-5-2)12-10-13-15(19-3)7-6-14(17)16(13)20-11-12;/h6-7,12H,4-5,8-11H2,1-3H3;1H. The number of benzene rings is 1. The Kier molecular flexibility index (Phi) is 7.26. The molecule has 1 heterocycles. The van der Waals surface area contributed by atoms with Crippen molar-refractivity contribution in [3.63, 3.8) is 0 Å². The first-order valence-corrected chi connectivity index (χ1v) is 7.43. The Labute approximate surface area is 132 Å². The number of halogens is 2. The molecule has 0 spiro atoms. The molecule has 1 unspecified atom stereocenters. The van der Waals surface area contributed by atoms with E-state index in [9.17, 15) is 4.39 Å². The maximum atomic E-state index is 13.8. The van der Waals surface area contributed by atoms with Gasteiger partial charge in [0.1, 0.15) is 12.4 Å². The van der Waals surface area contributed by atoms with Gasteiger partial charge in [-0.25, -0.2) is 4.39 Å². The summed E-state index contributed by atoms with van der Waals surface area (Å²) in [5.41, 5.74) is 0.862. The van der Waals surface area contributed by atoms with Gasteiger partial charge in [-0.05, 0) is 44.5 Å². The summed E-state index contributed by atoms with van der Waals surface area (Å²) < 4.78 is 24.9. The van der Waals surface area contributed by atoms with Crippen LogP contribution >= 0.6 is 12.4 Å². The van der Waals surface area contributed by atoms with E-state index >= 15 is 0 Å². The molecule has 0 aliphatic carbocycles. The number of ether oxygens (including phenoxy) is 2. The SMILES string of the molecule is CCCN(CCC)C1COc2c(F)ccc(OC)c2C1.Cl. The van der Waals surface area contributed by atoms with Gasteiger partial charge in [-0.3, -0.25) is 4.90 Å². The van der Waals surface area contributed by atoms with Crippen LogP contribution in [0, 0.1) is 5.82 Å². The zero-order valence-electron chi connectivity index (χ0n) is 13.0. The quantitative estimate of drug-likeness (QED) is 0.799. The lowest BCUT2D eigenvalue weighted by Crippen LogP contribution is -2.44. The third-order valence-electron chi connectivity index (χ3n) is 3.79. The highest BCUT2D eigenvalue weighted by molar-refractivity contribution is 5.85. The van der Waals surface area contributed by atoms with Crippen molar-refractivity contribution in [2.75, 3.05) is 26.8 Å². The van der Waals surface area contributed by atoms with Crippen LogP contribution in [0.2, 0.25) is 0 Å². The van der Waals surface area contributed by atoms with Crippen molar-refractivity contribution in [3.8, 4) is 11.5 Å². The molecule has 0 aromatic heterocycles. The van der Waals surface area contributed by atoms with Crippen molar-refractivity contribution in [1.82, 2.24) is 4.90 Å². The minimum Gasteiger partial charge on any atom is -0.496 e.